The average Bonchev–Trinajstić information content (AvgIpc) is 2.65. The van der Waals surface area contributed by atoms with Crippen LogP contribution in [-0.2, 0) is 19.3 Å². The summed E-state index contributed by atoms with van der Waals surface area (Å²) in [7, 11) is -2.83. The molecule has 0 aromatic heterocycles. The van der Waals surface area contributed by atoms with Gasteiger partial charge in [0, 0.05) is 19.3 Å². The Morgan fingerprint density at radius 2 is 1.56 bits per heavy atom. The minimum atomic E-state index is -2.83. The minimum absolute atomic E-state index is 0.0529. The number of benzene rings is 2. The summed E-state index contributed by atoms with van der Waals surface area (Å²) in [6.45, 7) is 7.63. The van der Waals surface area contributed by atoms with E-state index in [1.165, 1.54) is 16.3 Å². The normalized spacial score (nSPS) is 13.3. The highest BCUT2D eigenvalue weighted by Crippen LogP contribution is 2.27. The van der Waals surface area contributed by atoms with Gasteiger partial charge in [-0.05, 0) is 35.6 Å². The van der Waals surface area contributed by atoms with Gasteiger partial charge in [-0.15, -0.1) is 0 Å². The fourth-order valence-corrected chi connectivity index (χ4v) is 6.45. The molecule has 0 aliphatic heterocycles. The van der Waals surface area contributed by atoms with E-state index in [4.69, 9.17) is 13.3 Å². The average molecular weight is 425 g/mol. The summed E-state index contributed by atoms with van der Waals surface area (Å²) in [5.74, 6) is 0. The van der Waals surface area contributed by atoms with Crippen molar-refractivity contribution in [1.82, 2.24) is 0 Å². The maximum absolute atomic E-state index is 6.36. The first-order valence-electron chi connectivity index (χ1n) is 9.20. The molecule has 1 unspecified atom stereocenters. The molecule has 25 heavy (non-hydrogen) atoms. The lowest BCUT2D eigenvalue weighted by Crippen LogP contribution is -2.50. The Labute approximate surface area is 161 Å². The number of rotatable bonds is 11. The molecule has 0 spiro atoms. The van der Waals surface area contributed by atoms with E-state index in [1.807, 2.05) is 0 Å². The third kappa shape index (κ3) is 5.90. The van der Waals surface area contributed by atoms with Crippen LogP contribution in [0.1, 0.15) is 45.6 Å². The molecule has 0 bridgehead atoms. The van der Waals surface area contributed by atoms with E-state index in [9.17, 15) is 0 Å². The standard InChI is InChI=1S/C20H29BrO3Si/c1-4-14-22-25(23-15-5-2,24-20(21)6-3)16-18-12-9-11-17-10-7-8-13-19(17)18/h7-13,20H,4-6,14-16H2,1-3H3. The summed E-state index contributed by atoms with van der Waals surface area (Å²) in [5, 5.41) is 2.43. The highest BCUT2D eigenvalue weighted by Gasteiger charge is 2.43. The van der Waals surface area contributed by atoms with E-state index in [0.29, 0.717) is 19.3 Å². The molecule has 0 aliphatic rings. The van der Waals surface area contributed by atoms with Crippen molar-refractivity contribution in [3.63, 3.8) is 0 Å². The van der Waals surface area contributed by atoms with Crippen LogP contribution in [0.5, 0.6) is 0 Å². The number of fused-ring (bicyclic) bond motifs is 1. The molecule has 0 radical (unpaired) electrons. The predicted molar refractivity (Wildman–Crippen MR) is 110 cm³/mol. The third-order valence-electron chi connectivity index (χ3n) is 3.97. The van der Waals surface area contributed by atoms with Gasteiger partial charge in [0.15, 0.2) is 0 Å². The molecule has 0 heterocycles. The molecule has 0 fully saturated rings. The Bertz CT molecular complexity index is 636. The van der Waals surface area contributed by atoms with Crippen molar-refractivity contribution in [3.8, 4) is 0 Å². The fourth-order valence-electron chi connectivity index (χ4n) is 2.73. The number of hydrogen-bond donors (Lipinski definition) is 0. The molecular formula is C20H29BrO3Si. The second-order valence-corrected chi connectivity index (χ2v) is 9.69. The first kappa shape index (κ1) is 20.6. The minimum Gasteiger partial charge on any atom is -0.373 e. The largest absolute Gasteiger partial charge is 0.506 e. The monoisotopic (exact) mass is 424 g/mol. The van der Waals surface area contributed by atoms with Crippen LogP contribution in [-0.4, -0.2) is 27.0 Å². The SMILES string of the molecule is CCCO[Si](Cc1cccc2ccccc12)(OCCC)OC(Br)CC. The molecule has 0 saturated heterocycles. The van der Waals surface area contributed by atoms with Crippen LogP contribution < -0.4 is 0 Å². The summed E-state index contributed by atoms with van der Waals surface area (Å²) >= 11 is 3.61. The van der Waals surface area contributed by atoms with Gasteiger partial charge in [0.25, 0.3) is 0 Å². The Balaban J connectivity index is 2.37. The zero-order valence-electron chi connectivity index (χ0n) is 15.5. The van der Waals surface area contributed by atoms with Crippen LogP contribution >= 0.6 is 15.9 Å². The molecule has 1 atom stereocenters. The first-order valence-corrected chi connectivity index (χ1v) is 12.0. The number of hydrogen-bond acceptors (Lipinski definition) is 3. The van der Waals surface area contributed by atoms with Crippen molar-refractivity contribution < 1.29 is 13.3 Å². The maximum Gasteiger partial charge on any atom is 0.506 e. The zero-order valence-corrected chi connectivity index (χ0v) is 18.1. The van der Waals surface area contributed by atoms with Gasteiger partial charge in [-0.3, -0.25) is 0 Å². The van der Waals surface area contributed by atoms with E-state index < -0.39 is 8.80 Å². The van der Waals surface area contributed by atoms with Crippen molar-refractivity contribution in [1.29, 1.82) is 0 Å². The molecule has 138 valence electrons. The maximum atomic E-state index is 6.36. The first-order chi connectivity index (χ1) is 12.1. The van der Waals surface area contributed by atoms with Crippen LogP contribution in [0.4, 0.5) is 0 Å². The Morgan fingerprint density at radius 3 is 2.20 bits per heavy atom. The van der Waals surface area contributed by atoms with Crippen LogP contribution in [0, 0.1) is 0 Å². The molecule has 0 amide bonds. The van der Waals surface area contributed by atoms with E-state index >= 15 is 0 Å². The van der Waals surface area contributed by atoms with Gasteiger partial charge in [0.1, 0.15) is 5.01 Å². The van der Waals surface area contributed by atoms with Gasteiger partial charge >= 0.3 is 8.80 Å². The van der Waals surface area contributed by atoms with Gasteiger partial charge < -0.3 is 13.3 Å². The van der Waals surface area contributed by atoms with Gasteiger partial charge in [0.2, 0.25) is 0 Å². The van der Waals surface area contributed by atoms with E-state index in [1.54, 1.807) is 0 Å². The zero-order chi connectivity index (χ0) is 18.1. The van der Waals surface area contributed by atoms with Crippen molar-refractivity contribution in [2.24, 2.45) is 0 Å². The molecule has 0 N–H and O–H groups in total. The Kier molecular flexibility index (Phi) is 8.59. The van der Waals surface area contributed by atoms with Crippen LogP contribution in [0.25, 0.3) is 10.8 Å². The lowest BCUT2D eigenvalue weighted by molar-refractivity contribution is 0.0512. The Hall–Kier alpha value is -0.723. The fraction of sp³-hybridized carbons (Fsp3) is 0.500. The van der Waals surface area contributed by atoms with Crippen LogP contribution in [0.2, 0.25) is 0 Å². The highest BCUT2D eigenvalue weighted by atomic mass is 79.9. The molecule has 5 heteroatoms. The summed E-state index contributed by atoms with van der Waals surface area (Å²) in [6, 6.07) is 15.5. The highest BCUT2D eigenvalue weighted by molar-refractivity contribution is 9.09. The van der Waals surface area contributed by atoms with Crippen molar-refractivity contribution in [2.45, 2.75) is 51.1 Å². The predicted octanol–water partition coefficient (Wildman–Crippen LogP) is 5.86. The smallest absolute Gasteiger partial charge is 0.373 e. The van der Waals surface area contributed by atoms with E-state index in [2.05, 4.69) is 79.2 Å². The molecule has 0 aliphatic carbocycles. The van der Waals surface area contributed by atoms with Gasteiger partial charge in [0.05, 0.1) is 0 Å². The molecule has 0 saturated carbocycles. The number of halogens is 1. The molecule has 2 rings (SSSR count). The third-order valence-corrected chi connectivity index (χ3v) is 7.89. The van der Waals surface area contributed by atoms with Gasteiger partial charge in [-0.1, -0.05) is 79.2 Å². The molecular weight excluding hydrogens is 396 g/mol. The van der Waals surface area contributed by atoms with Crippen molar-refractivity contribution in [2.75, 3.05) is 13.2 Å². The van der Waals surface area contributed by atoms with E-state index in [-0.39, 0.29) is 5.01 Å². The summed E-state index contributed by atoms with van der Waals surface area (Å²) in [5.41, 5.74) is 1.23. The van der Waals surface area contributed by atoms with Crippen molar-refractivity contribution >= 4 is 35.5 Å². The quantitative estimate of drug-likeness (QED) is 0.333. The van der Waals surface area contributed by atoms with Crippen LogP contribution in [0.15, 0.2) is 42.5 Å². The Morgan fingerprint density at radius 1 is 0.920 bits per heavy atom. The molecule has 3 nitrogen and oxygen atoms in total. The summed E-state index contributed by atoms with van der Waals surface area (Å²) < 4.78 is 18.9. The molecule has 2 aromatic rings. The second kappa shape index (κ2) is 10.4. The van der Waals surface area contributed by atoms with Gasteiger partial charge in [-0.25, -0.2) is 0 Å². The van der Waals surface area contributed by atoms with Crippen molar-refractivity contribution in [3.05, 3.63) is 48.0 Å². The topological polar surface area (TPSA) is 27.7 Å². The van der Waals surface area contributed by atoms with E-state index in [0.717, 1.165) is 19.3 Å². The lowest BCUT2D eigenvalue weighted by Gasteiger charge is -2.32. The molecule has 2 aromatic carbocycles. The van der Waals surface area contributed by atoms with Gasteiger partial charge in [-0.2, -0.15) is 0 Å². The second-order valence-electron chi connectivity index (χ2n) is 6.13. The summed E-state index contributed by atoms with van der Waals surface area (Å²) in [4.78, 5) is 0. The summed E-state index contributed by atoms with van der Waals surface area (Å²) in [6.07, 6.45) is 2.76. The number of alkyl halides is 1. The lowest BCUT2D eigenvalue weighted by atomic mass is 10.1. The van der Waals surface area contributed by atoms with Crippen LogP contribution in [0.3, 0.4) is 0 Å².